The van der Waals surface area contributed by atoms with E-state index in [0.717, 1.165) is 10.7 Å². The van der Waals surface area contributed by atoms with E-state index in [1.165, 1.54) is 6.33 Å². The molecule has 13 heavy (non-hydrogen) atoms. The third-order valence-corrected chi connectivity index (χ3v) is 1.52. The highest BCUT2D eigenvalue weighted by molar-refractivity contribution is 5.54. The van der Waals surface area contributed by atoms with Crippen molar-refractivity contribution in [1.29, 1.82) is 0 Å². The summed E-state index contributed by atoms with van der Waals surface area (Å²) < 4.78 is 1.11. The highest BCUT2D eigenvalue weighted by Crippen LogP contribution is 2.18. The number of fused-ring (bicyclic) bond motifs is 1. The SMILES string of the molecule is Nc1c([N+](=O)[O-])cnc2ncnn12. The molecule has 0 saturated carbocycles. The van der Waals surface area contributed by atoms with Crippen molar-refractivity contribution in [3.05, 3.63) is 22.6 Å². The Balaban J connectivity index is 2.80. The second-order valence-electron chi connectivity index (χ2n) is 2.26. The van der Waals surface area contributed by atoms with Crippen LogP contribution in [0.25, 0.3) is 5.78 Å². The minimum Gasteiger partial charge on any atom is -0.378 e. The molecule has 0 fully saturated rings. The third kappa shape index (κ3) is 0.956. The number of nitrogens with zero attached hydrogens (tertiary/aromatic N) is 5. The quantitative estimate of drug-likeness (QED) is 0.472. The van der Waals surface area contributed by atoms with Crippen molar-refractivity contribution >= 4 is 17.3 Å². The summed E-state index contributed by atoms with van der Waals surface area (Å²) in [5.41, 5.74) is 5.16. The van der Waals surface area contributed by atoms with Crippen LogP contribution in [0, 0.1) is 10.1 Å². The van der Waals surface area contributed by atoms with Crippen LogP contribution in [0.4, 0.5) is 11.5 Å². The van der Waals surface area contributed by atoms with Gasteiger partial charge >= 0.3 is 5.69 Å². The molecule has 2 aromatic heterocycles. The van der Waals surface area contributed by atoms with Crippen LogP contribution in [0.15, 0.2) is 12.5 Å². The van der Waals surface area contributed by atoms with Crippen molar-refractivity contribution in [1.82, 2.24) is 19.6 Å². The van der Waals surface area contributed by atoms with E-state index in [-0.39, 0.29) is 17.3 Å². The highest BCUT2D eigenvalue weighted by atomic mass is 16.6. The predicted molar refractivity (Wildman–Crippen MR) is 41.8 cm³/mol. The van der Waals surface area contributed by atoms with Gasteiger partial charge in [-0.3, -0.25) is 10.1 Å². The molecule has 0 bridgehead atoms. The van der Waals surface area contributed by atoms with E-state index in [1.807, 2.05) is 0 Å². The molecule has 0 aliphatic heterocycles. The Morgan fingerprint density at radius 3 is 3.00 bits per heavy atom. The Bertz CT molecular complexity index is 477. The van der Waals surface area contributed by atoms with E-state index >= 15 is 0 Å². The summed E-state index contributed by atoms with van der Waals surface area (Å²) in [7, 11) is 0. The van der Waals surface area contributed by atoms with Crippen molar-refractivity contribution in [3.63, 3.8) is 0 Å². The molecule has 2 aromatic rings. The number of nitrogens with two attached hydrogens (primary N) is 1. The van der Waals surface area contributed by atoms with Gasteiger partial charge < -0.3 is 5.73 Å². The molecule has 0 atom stereocenters. The smallest absolute Gasteiger partial charge is 0.329 e. The van der Waals surface area contributed by atoms with Crippen molar-refractivity contribution in [2.45, 2.75) is 0 Å². The summed E-state index contributed by atoms with van der Waals surface area (Å²) in [6, 6.07) is 0. The maximum Gasteiger partial charge on any atom is 0.329 e. The fourth-order valence-corrected chi connectivity index (χ4v) is 0.928. The van der Waals surface area contributed by atoms with Crippen molar-refractivity contribution in [2.24, 2.45) is 0 Å². The molecule has 0 saturated heterocycles. The molecular weight excluding hydrogens is 176 g/mol. The van der Waals surface area contributed by atoms with Gasteiger partial charge in [0, 0.05) is 0 Å². The zero-order chi connectivity index (χ0) is 9.42. The molecule has 0 unspecified atom stereocenters. The Hall–Kier alpha value is -2.25. The summed E-state index contributed by atoms with van der Waals surface area (Å²) in [6.07, 6.45) is 2.28. The van der Waals surface area contributed by atoms with Crippen LogP contribution in [0.3, 0.4) is 0 Å². The van der Waals surface area contributed by atoms with Gasteiger partial charge in [0.2, 0.25) is 5.82 Å². The summed E-state index contributed by atoms with van der Waals surface area (Å²) >= 11 is 0. The average molecular weight is 180 g/mol. The number of rotatable bonds is 1. The van der Waals surface area contributed by atoms with Crippen LogP contribution in [0.1, 0.15) is 0 Å². The lowest BCUT2D eigenvalue weighted by Gasteiger charge is -1.96. The second-order valence-corrected chi connectivity index (χ2v) is 2.26. The highest BCUT2D eigenvalue weighted by Gasteiger charge is 2.15. The molecule has 2 heterocycles. The van der Waals surface area contributed by atoms with Crippen LogP contribution >= 0.6 is 0 Å². The summed E-state index contributed by atoms with van der Waals surface area (Å²) in [5.74, 6) is 0.163. The summed E-state index contributed by atoms with van der Waals surface area (Å²) in [4.78, 5) is 17.2. The average Bonchev–Trinajstić information content (AvgIpc) is 2.52. The van der Waals surface area contributed by atoms with Gasteiger partial charge in [-0.2, -0.15) is 14.6 Å². The number of aromatic nitrogens is 4. The maximum atomic E-state index is 10.4. The number of nitro groups is 1. The Morgan fingerprint density at radius 1 is 1.54 bits per heavy atom. The lowest BCUT2D eigenvalue weighted by atomic mass is 10.5. The van der Waals surface area contributed by atoms with Crippen molar-refractivity contribution in [2.75, 3.05) is 5.73 Å². The Labute approximate surface area is 71.2 Å². The Kier molecular flexibility index (Phi) is 1.35. The lowest BCUT2D eigenvalue weighted by Crippen LogP contribution is -2.04. The first-order chi connectivity index (χ1) is 6.20. The molecule has 0 radical (unpaired) electrons. The third-order valence-electron chi connectivity index (χ3n) is 1.52. The van der Waals surface area contributed by atoms with Crippen LogP contribution in [0.2, 0.25) is 0 Å². The maximum absolute atomic E-state index is 10.4. The first-order valence-electron chi connectivity index (χ1n) is 3.29. The van der Waals surface area contributed by atoms with Gasteiger partial charge in [-0.1, -0.05) is 0 Å². The fraction of sp³-hybridized carbons (Fsp3) is 0. The van der Waals surface area contributed by atoms with E-state index in [4.69, 9.17) is 5.73 Å². The zero-order valence-corrected chi connectivity index (χ0v) is 6.28. The fourth-order valence-electron chi connectivity index (χ4n) is 0.928. The first-order valence-corrected chi connectivity index (χ1v) is 3.29. The largest absolute Gasteiger partial charge is 0.378 e. The van der Waals surface area contributed by atoms with Gasteiger partial charge in [-0.25, -0.2) is 4.98 Å². The van der Waals surface area contributed by atoms with Crippen molar-refractivity contribution in [3.8, 4) is 0 Å². The van der Waals surface area contributed by atoms with Crippen molar-refractivity contribution < 1.29 is 4.92 Å². The molecule has 0 aliphatic carbocycles. The minimum atomic E-state index is -0.622. The molecule has 0 aromatic carbocycles. The van der Waals surface area contributed by atoms with E-state index < -0.39 is 4.92 Å². The topological polar surface area (TPSA) is 112 Å². The van der Waals surface area contributed by atoms with Gasteiger partial charge in [-0.15, -0.1) is 0 Å². The van der Waals surface area contributed by atoms with Crippen LogP contribution < -0.4 is 5.73 Å². The van der Waals surface area contributed by atoms with Gasteiger partial charge in [0.1, 0.15) is 12.5 Å². The first kappa shape index (κ1) is 7.40. The lowest BCUT2D eigenvalue weighted by molar-refractivity contribution is -0.384. The van der Waals surface area contributed by atoms with Gasteiger partial charge in [0.15, 0.2) is 0 Å². The van der Waals surface area contributed by atoms with Crippen LogP contribution in [-0.4, -0.2) is 24.5 Å². The normalized spacial score (nSPS) is 10.5. The summed E-state index contributed by atoms with van der Waals surface area (Å²) in [5, 5.41) is 14.1. The number of anilines is 1. The monoisotopic (exact) mass is 180 g/mol. The van der Waals surface area contributed by atoms with Crippen LogP contribution in [-0.2, 0) is 0 Å². The Morgan fingerprint density at radius 2 is 2.31 bits per heavy atom. The van der Waals surface area contributed by atoms with Gasteiger partial charge in [-0.05, 0) is 0 Å². The van der Waals surface area contributed by atoms with E-state index in [2.05, 4.69) is 15.1 Å². The molecule has 66 valence electrons. The van der Waals surface area contributed by atoms with Gasteiger partial charge in [0.25, 0.3) is 5.78 Å². The molecule has 2 N–H and O–H groups in total. The zero-order valence-electron chi connectivity index (χ0n) is 6.28. The standard InChI is InChI=1S/C5H4N6O2/c6-4-3(11(12)13)1-7-5-8-2-9-10(4)5/h1-2H,6H2. The molecular formula is C5H4N6O2. The van der Waals surface area contributed by atoms with E-state index in [9.17, 15) is 10.1 Å². The molecule has 0 spiro atoms. The minimum absolute atomic E-state index is 0.0764. The molecule has 0 aliphatic rings. The van der Waals surface area contributed by atoms with E-state index in [0.29, 0.717) is 0 Å². The van der Waals surface area contributed by atoms with E-state index in [1.54, 1.807) is 0 Å². The predicted octanol–water partition coefficient (Wildman–Crippen LogP) is -0.385. The number of hydrogen-bond acceptors (Lipinski definition) is 6. The second kappa shape index (κ2) is 2.37. The molecule has 2 rings (SSSR count). The summed E-state index contributed by atoms with van der Waals surface area (Å²) in [6.45, 7) is 0. The number of nitrogen functional groups attached to an aromatic ring is 1. The molecule has 8 nitrogen and oxygen atoms in total. The van der Waals surface area contributed by atoms with Gasteiger partial charge in [0.05, 0.1) is 4.92 Å². The molecule has 8 heteroatoms. The van der Waals surface area contributed by atoms with Crippen LogP contribution in [0.5, 0.6) is 0 Å². The number of hydrogen-bond donors (Lipinski definition) is 1. The molecule has 0 amide bonds.